The molecule has 0 aromatic rings. The van der Waals surface area contributed by atoms with Crippen LogP contribution in [0.15, 0.2) is 47.2 Å². The molecule has 0 unspecified atom stereocenters. The molecule has 2 rings (SSSR count). The molecule has 0 radical (unpaired) electrons. The molecule has 0 aliphatic carbocycles. The summed E-state index contributed by atoms with van der Waals surface area (Å²) in [5.41, 5.74) is 12.9. The molecular formula is C8H10N10O2. The van der Waals surface area contributed by atoms with Crippen molar-refractivity contribution in [2.45, 2.75) is 12.5 Å². The number of azide groups is 1. The van der Waals surface area contributed by atoms with E-state index in [-0.39, 0.29) is 13.0 Å². The minimum absolute atomic E-state index is 0.129. The van der Waals surface area contributed by atoms with Crippen molar-refractivity contribution in [3.8, 4) is 0 Å². The van der Waals surface area contributed by atoms with E-state index in [1.807, 2.05) is 0 Å². The first-order valence-corrected chi connectivity index (χ1v) is 5.25. The lowest BCUT2D eigenvalue weighted by Crippen LogP contribution is -2.30. The standard InChI is InChI=1S/C4H2N6.C4H8N4O2/c1-5-3(9-7-1)4-6-2-8-10-4;5-3(4(9)10)1-2-7-8-6/h1-2H;3H,1-2,5H2,(H,9,10)/t;3-/m.0/s1. The molecule has 104 valence electrons. The second-order valence-corrected chi connectivity index (χ2v) is 3.26. The largest absolute Gasteiger partial charge is 0.480 e. The van der Waals surface area contributed by atoms with Gasteiger partial charge in [0.05, 0.1) is 0 Å². The van der Waals surface area contributed by atoms with Gasteiger partial charge in [-0.05, 0) is 12.0 Å². The summed E-state index contributed by atoms with van der Waals surface area (Å²) < 4.78 is 0. The maximum atomic E-state index is 10.0. The van der Waals surface area contributed by atoms with Crippen molar-refractivity contribution >= 4 is 18.6 Å². The topological polar surface area (TPSA) is 186 Å². The minimum atomic E-state index is -1.08. The van der Waals surface area contributed by atoms with E-state index in [1.165, 1.54) is 12.7 Å². The van der Waals surface area contributed by atoms with E-state index in [1.54, 1.807) is 0 Å². The van der Waals surface area contributed by atoms with Gasteiger partial charge in [-0.15, -0.1) is 20.5 Å². The zero-order chi connectivity index (χ0) is 14.8. The van der Waals surface area contributed by atoms with Gasteiger partial charge in [0.15, 0.2) is 0 Å². The molecule has 0 aromatic heterocycles. The van der Waals surface area contributed by atoms with Crippen LogP contribution in [0.2, 0.25) is 0 Å². The molecule has 0 saturated carbocycles. The van der Waals surface area contributed by atoms with Crippen molar-refractivity contribution in [2.75, 3.05) is 6.54 Å². The maximum absolute atomic E-state index is 10.0. The Kier molecular flexibility index (Phi) is 6.17. The Labute approximate surface area is 112 Å². The van der Waals surface area contributed by atoms with Gasteiger partial charge in [0.1, 0.15) is 18.7 Å². The maximum Gasteiger partial charge on any atom is 0.320 e. The van der Waals surface area contributed by atoms with E-state index in [9.17, 15) is 4.79 Å². The van der Waals surface area contributed by atoms with Crippen LogP contribution >= 0.6 is 0 Å². The van der Waals surface area contributed by atoms with Crippen LogP contribution in [0.25, 0.3) is 10.4 Å². The Morgan fingerprint density at radius 2 is 1.90 bits per heavy atom. The Morgan fingerprint density at radius 3 is 2.25 bits per heavy atom. The molecule has 20 heavy (non-hydrogen) atoms. The molecule has 3 N–H and O–H groups in total. The number of carbonyl (C=O) groups is 1. The van der Waals surface area contributed by atoms with Crippen LogP contribution in [0.5, 0.6) is 0 Å². The fourth-order valence-corrected chi connectivity index (χ4v) is 0.944. The number of nitrogens with zero attached hydrogens (tertiary/aromatic N) is 9. The van der Waals surface area contributed by atoms with Gasteiger partial charge in [0, 0.05) is 11.5 Å². The van der Waals surface area contributed by atoms with Crippen LogP contribution in [-0.4, -0.2) is 36.3 Å². The van der Waals surface area contributed by atoms with Crippen LogP contribution in [-0.2, 0) is 4.79 Å². The third-order valence-corrected chi connectivity index (χ3v) is 1.89. The lowest BCUT2D eigenvalue weighted by molar-refractivity contribution is -0.138. The van der Waals surface area contributed by atoms with Gasteiger partial charge in [-0.3, -0.25) is 4.79 Å². The third kappa shape index (κ3) is 5.12. The van der Waals surface area contributed by atoms with Crippen molar-refractivity contribution in [1.29, 1.82) is 0 Å². The van der Waals surface area contributed by atoms with Crippen LogP contribution in [0.4, 0.5) is 0 Å². The smallest absolute Gasteiger partial charge is 0.320 e. The molecule has 0 amide bonds. The van der Waals surface area contributed by atoms with Crippen LogP contribution < -0.4 is 5.73 Å². The molecular weight excluding hydrogens is 268 g/mol. The molecule has 0 spiro atoms. The molecule has 0 saturated heterocycles. The molecule has 2 heterocycles. The monoisotopic (exact) mass is 278 g/mol. The highest BCUT2D eigenvalue weighted by molar-refractivity contribution is 5.72. The van der Waals surface area contributed by atoms with Crippen LogP contribution in [0.3, 0.4) is 0 Å². The van der Waals surface area contributed by atoms with E-state index in [0.717, 1.165) is 0 Å². The van der Waals surface area contributed by atoms with Crippen molar-refractivity contribution in [2.24, 2.45) is 41.3 Å². The number of nitrogens with two attached hydrogens (primary N) is 1. The number of aliphatic carboxylic acids is 1. The number of azo groups is 2. The number of hydrogen-bond acceptors (Lipinski definition) is 9. The fraction of sp³-hybridized carbons (Fsp3) is 0.375. The van der Waals surface area contributed by atoms with E-state index < -0.39 is 12.0 Å². The van der Waals surface area contributed by atoms with E-state index in [2.05, 4.69) is 40.5 Å². The second kappa shape index (κ2) is 8.18. The first-order chi connectivity index (χ1) is 9.65. The fourth-order valence-electron chi connectivity index (χ4n) is 0.944. The van der Waals surface area contributed by atoms with Gasteiger partial charge in [-0.1, -0.05) is 5.11 Å². The molecule has 12 nitrogen and oxygen atoms in total. The summed E-state index contributed by atoms with van der Waals surface area (Å²) in [6, 6.07) is -0.925. The zero-order valence-electron chi connectivity index (χ0n) is 10.1. The predicted molar refractivity (Wildman–Crippen MR) is 68.0 cm³/mol. The Hall–Kier alpha value is -2.98. The second-order valence-electron chi connectivity index (χ2n) is 3.26. The highest BCUT2D eigenvalue weighted by atomic mass is 16.4. The van der Waals surface area contributed by atoms with Crippen molar-refractivity contribution in [3.05, 3.63) is 22.1 Å². The average Bonchev–Trinajstić information content (AvgIpc) is 3.12. The first kappa shape index (κ1) is 15.1. The lowest BCUT2D eigenvalue weighted by Gasteiger charge is -2.00. The highest BCUT2D eigenvalue weighted by Gasteiger charge is 2.09. The molecule has 0 bridgehead atoms. The van der Waals surface area contributed by atoms with Gasteiger partial charge in [-0.2, -0.15) is 0 Å². The molecule has 0 fully saturated rings. The number of carboxylic acids is 1. The first-order valence-electron chi connectivity index (χ1n) is 5.25. The Balaban J connectivity index is 0.000000200. The lowest BCUT2D eigenvalue weighted by atomic mass is 10.2. The SMILES string of the molecule is C1=NC(=C2N=CN=N2)N=N1.[N-]=[N+]=NCC[C@H](N)C(=O)O. The number of hydrogen-bond donors (Lipinski definition) is 2. The summed E-state index contributed by atoms with van der Waals surface area (Å²) in [6.07, 6.45) is 2.86. The molecule has 2 aliphatic heterocycles. The van der Waals surface area contributed by atoms with Gasteiger partial charge in [0.25, 0.3) is 0 Å². The van der Waals surface area contributed by atoms with E-state index >= 15 is 0 Å². The summed E-state index contributed by atoms with van der Waals surface area (Å²) in [6.45, 7) is 0.129. The summed E-state index contributed by atoms with van der Waals surface area (Å²) in [4.78, 5) is 20.0. The summed E-state index contributed by atoms with van der Waals surface area (Å²) >= 11 is 0. The summed E-state index contributed by atoms with van der Waals surface area (Å²) in [5, 5.41) is 25.6. The number of aliphatic imine (C=N–C) groups is 2. The minimum Gasteiger partial charge on any atom is -0.480 e. The Morgan fingerprint density at radius 1 is 1.35 bits per heavy atom. The van der Waals surface area contributed by atoms with Crippen molar-refractivity contribution in [1.82, 2.24) is 0 Å². The summed E-state index contributed by atoms with van der Waals surface area (Å²) in [5.74, 6) is -0.247. The van der Waals surface area contributed by atoms with Crippen molar-refractivity contribution < 1.29 is 9.90 Å². The highest BCUT2D eigenvalue weighted by Crippen LogP contribution is 2.16. The average molecular weight is 278 g/mol. The van der Waals surface area contributed by atoms with Gasteiger partial charge in [0.2, 0.25) is 11.6 Å². The number of rotatable bonds is 4. The zero-order valence-corrected chi connectivity index (χ0v) is 10.1. The molecule has 0 aromatic carbocycles. The number of carboxylic acid groups (broad SMARTS) is 1. The van der Waals surface area contributed by atoms with E-state index in [0.29, 0.717) is 11.6 Å². The van der Waals surface area contributed by atoms with Crippen molar-refractivity contribution in [3.63, 3.8) is 0 Å². The Bertz CT molecular complexity index is 496. The van der Waals surface area contributed by atoms with Crippen LogP contribution in [0, 0.1) is 0 Å². The normalized spacial score (nSPS) is 19.4. The van der Waals surface area contributed by atoms with Gasteiger partial charge >= 0.3 is 5.97 Å². The third-order valence-electron chi connectivity index (χ3n) is 1.89. The van der Waals surface area contributed by atoms with Crippen LogP contribution in [0.1, 0.15) is 6.42 Å². The molecule has 1 atom stereocenters. The molecule has 12 heteroatoms. The van der Waals surface area contributed by atoms with Gasteiger partial charge in [-0.25, -0.2) is 9.98 Å². The quantitative estimate of drug-likeness (QED) is 0.445. The summed E-state index contributed by atoms with van der Waals surface area (Å²) in [7, 11) is 0. The van der Waals surface area contributed by atoms with Gasteiger partial charge < -0.3 is 10.8 Å². The molecule has 2 aliphatic rings. The van der Waals surface area contributed by atoms with E-state index in [4.69, 9.17) is 16.4 Å². The predicted octanol–water partition coefficient (Wildman–Crippen LogP) is 1.20.